The topological polar surface area (TPSA) is 94.8 Å². The van der Waals surface area contributed by atoms with E-state index in [-0.39, 0.29) is 15.8 Å². The van der Waals surface area contributed by atoms with Crippen molar-refractivity contribution in [3.63, 3.8) is 0 Å². The Kier molecular flexibility index (Phi) is 3.06. The molecule has 20 heavy (non-hydrogen) atoms. The molecule has 0 saturated heterocycles. The van der Waals surface area contributed by atoms with Crippen LogP contribution < -0.4 is 0 Å². The first-order valence-electron chi connectivity index (χ1n) is 7.02. The van der Waals surface area contributed by atoms with Gasteiger partial charge in [-0.05, 0) is 29.8 Å². The summed E-state index contributed by atoms with van der Waals surface area (Å²) in [6, 6.07) is 13.8. The van der Waals surface area contributed by atoms with Gasteiger partial charge in [-0.2, -0.15) is 0 Å². The predicted molar refractivity (Wildman–Crippen MR) is 74.5 cm³/mol. The van der Waals surface area contributed by atoms with Crippen LogP contribution in [0, 0.1) is 0 Å². The molecule has 0 unspecified atom stereocenters. The van der Waals surface area contributed by atoms with Crippen molar-refractivity contribution in [2.45, 2.75) is 15.8 Å². The smallest absolute Gasteiger partial charge is 0.390 e. The molecule has 2 rings (SSSR count). The Labute approximate surface area is 122 Å². The molecular weight excluding hydrogens is 296 g/mol. The van der Waals surface area contributed by atoms with Gasteiger partial charge in [0.15, 0.2) is 4.29 Å². The molecule has 0 aliphatic carbocycles. The zero-order valence-electron chi connectivity index (χ0n) is 13.4. The molecule has 0 bridgehead atoms. The second kappa shape index (κ2) is 5.47. The lowest BCUT2D eigenvalue weighted by Crippen LogP contribution is -2.37. The molecule has 2 aromatic rings. The van der Waals surface area contributed by atoms with Crippen molar-refractivity contribution in [3.05, 3.63) is 60.2 Å². The van der Waals surface area contributed by atoms with E-state index >= 15 is 0 Å². The molecule has 3 N–H and O–H groups in total. The average Bonchev–Trinajstić information content (AvgIpc) is 2.61. The number of hydrogen-bond acceptors (Lipinski definition) is 5. The first kappa shape index (κ1) is 11.2. The quantitative estimate of drug-likeness (QED) is 0.647. The van der Waals surface area contributed by atoms with E-state index in [9.17, 15) is 8.42 Å². The van der Waals surface area contributed by atoms with Gasteiger partial charge in [0, 0.05) is 6.04 Å². The Morgan fingerprint density at radius 1 is 0.900 bits per heavy atom. The fourth-order valence-corrected chi connectivity index (χ4v) is 3.79. The van der Waals surface area contributed by atoms with E-state index in [1.807, 2.05) is 0 Å². The second-order valence-electron chi connectivity index (χ2n) is 4.32. The second-order valence-corrected chi connectivity index (χ2v) is 7.99. The average molecular weight is 316 g/mol. The van der Waals surface area contributed by atoms with E-state index in [4.69, 9.17) is 4.29 Å². The third-order valence-electron chi connectivity index (χ3n) is 2.71. The summed E-state index contributed by atoms with van der Waals surface area (Å²) in [5, 5.41) is 0. The summed E-state index contributed by atoms with van der Waals surface area (Å²) in [5.41, 5.74) is 0.537. The minimum Gasteiger partial charge on any atom is -0.390 e. The van der Waals surface area contributed by atoms with Crippen molar-refractivity contribution < 1.29 is 22.8 Å². The molecule has 0 amide bonds. The van der Waals surface area contributed by atoms with E-state index in [0.717, 1.165) is 0 Å². The van der Waals surface area contributed by atoms with Crippen LogP contribution in [0.5, 0.6) is 0 Å². The summed E-state index contributed by atoms with van der Waals surface area (Å²) in [6.45, 7) is 0. The normalized spacial score (nSPS) is 14.3. The Hall–Kier alpha value is -1.51. The van der Waals surface area contributed by atoms with Crippen LogP contribution >= 0.6 is 0 Å². The molecule has 5 nitrogen and oxygen atoms in total. The van der Waals surface area contributed by atoms with Crippen LogP contribution in [0.3, 0.4) is 0 Å². The summed E-state index contributed by atoms with van der Waals surface area (Å²) in [4.78, 5) is 13.1. The van der Waals surface area contributed by atoms with Gasteiger partial charge < -0.3 is 14.4 Å². The van der Waals surface area contributed by atoms with Crippen molar-refractivity contribution in [2.75, 3.05) is 0 Å². The molecule has 7 heteroatoms. The fraction of sp³-hybridized carbons (Fsp3) is 0.0769. The van der Waals surface area contributed by atoms with E-state index in [1.165, 1.54) is 36.4 Å². The van der Waals surface area contributed by atoms with Crippen LogP contribution in [0.15, 0.2) is 64.4 Å². The van der Waals surface area contributed by atoms with Gasteiger partial charge in [-0.1, -0.05) is 30.3 Å². The van der Waals surface area contributed by atoms with E-state index in [0.29, 0.717) is 5.56 Å². The lowest BCUT2D eigenvalue weighted by Gasteiger charge is -2.10. The molecule has 0 aliphatic rings. The number of hydrogen-bond donors (Lipinski definition) is 3. The highest BCUT2D eigenvalue weighted by Gasteiger charge is 2.27. The Morgan fingerprint density at radius 2 is 1.45 bits per heavy atom. The van der Waals surface area contributed by atoms with Crippen LogP contribution in [0.4, 0.5) is 0 Å². The standard InChI is InChI=1S/C13H14O5SSi/c14-19(15,12-4-2-1-3-5-12)13-8-6-11(7-9-13)10-20(16,17)18/h1-9,16-18H,10H2/i16T,17T,18T. The third-order valence-corrected chi connectivity index (χ3v) is 5.33. The number of rotatable bonds is 7. The Morgan fingerprint density at radius 3 is 2.00 bits per heavy atom. The predicted octanol–water partition coefficient (Wildman–Crippen LogP) is 0.517. The van der Waals surface area contributed by atoms with Crippen LogP contribution in [0.1, 0.15) is 5.56 Å². The van der Waals surface area contributed by atoms with Gasteiger partial charge in [0.05, 0.1) is 9.79 Å². The van der Waals surface area contributed by atoms with Gasteiger partial charge in [-0.25, -0.2) is 8.42 Å². The molecule has 106 valence electrons. The Bertz CT molecular complexity index is 728. The van der Waals surface area contributed by atoms with Crippen molar-refractivity contribution in [3.8, 4) is 0 Å². The highest BCUT2D eigenvalue weighted by atomic mass is 32.2. The zero-order valence-corrected chi connectivity index (χ0v) is 12.2. The summed E-state index contributed by atoms with van der Waals surface area (Å²) in [7, 11) is -7.34. The molecule has 0 spiro atoms. The SMILES string of the molecule is [3H]O[Si](Cc1ccc(S(=O)(=O)c2ccccc2)cc1)(O[3H])O[3H]. The third kappa shape index (κ3) is 3.53. The van der Waals surface area contributed by atoms with E-state index < -0.39 is 18.6 Å². The van der Waals surface area contributed by atoms with Gasteiger partial charge in [0.1, 0.15) is 0 Å². The maximum Gasteiger partial charge on any atom is 0.497 e. The van der Waals surface area contributed by atoms with Gasteiger partial charge in [-0.3, -0.25) is 0 Å². The maximum atomic E-state index is 12.4. The minimum atomic E-state index is -3.73. The highest BCUT2D eigenvalue weighted by Crippen LogP contribution is 2.21. The van der Waals surface area contributed by atoms with Crippen LogP contribution in [0.25, 0.3) is 0 Å². The molecular formula is C13H14O5SSi. The molecule has 2 aromatic carbocycles. The van der Waals surface area contributed by atoms with Crippen molar-refractivity contribution in [1.29, 1.82) is 4.29 Å². The fourth-order valence-electron chi connectivity index (χ4n) is 1.77. The van der Waals surface area contributed by atoms with Crippen molar-refractivity contribution in [2.24, 2.45) is 0 Å². The van der Waals surface area contributed by atoms with Gasteiger partial charge in [0.25, 0.3) is 0 Å². The number of benzene rings is 2. The number of sulfone groups is 1. The summed E-state index contributed by atoms with van der Waals surface area (Å²) in [5.74, 6) is 0. The van der Waals surface area contributed by atoms with Gasteiger partial charge in [-0.15, -0.1) is 0 Å². The molecule has 0 fully saturated rings. The van der Waals surface area contributed by atoms with Gasteiger partial charge >= 0.3 is 8.80 Å². The highest BCUT2D eigenvalue weighted by molar-refractivity contribution is 7.91. The molecule has 0 atom stereocenters. The minimum absolute atomic E-state index is 0.0881. The molecule has 0 aromatic heterocycles. The first-order chi connectivity index (χ1) is 11.0. The van der Waals surface area contributed by atoms with Crippen LogP contribution in [0.2, 0.25) is 0 Å². The van der Waals surface area contributed by atoms with E-state index in [1.54, 1.807) is 18.2 Å². The van der Waals surface area contributed by atoms with Crippen molar-refractivity contribution >= 4 is 18.6 Å². The summed E-state index contributed by atoms with van der Waals surface area (Å²) in [6.07, 6.45) is 0. The Balaban J connectivity index is 2.26. The lowest BCUT2D eigenvalue weighted by atomic mass is 10.2. The van der Waals surface area contributed by atoms with E-state index in [2.05, 4.69) is 14.4 Å². The van der Waals surface area contributed by atoms with Crippen LogP contribution in [-0.4, -0.2) is 35.9 Å². The summed E-state index contributed by atoms with van der Waals surface area (Å²) < 4.78 is 45.5. The molecule has 0 aliphatic heterocycles. The van der Waals surface area contributed by atoms with Crippen molar-refractivity contribution in [1.82, 2.24) is 0 Å². The van der Waals surface area contributed by atoms with Crippen LogP contribution in [-0.2, 0) is 15.9 Å². The maximum absolute atomic E-state index is 12.4. The molecule has 0 heterocycles. The lowest BCUT2D eigenvalue weighted by molar-refractivity contribution is 0.227. The largest absolute Gasteiger partial charge is 0.497 e. The zero-order chi connectivity index (χ0) is 16.9. The first-order valence-corrected chi connectivity index (χ1v) is 9.21. The monoisotopic (exact) mass is 316 g/mol. The molecule has 0 radical (unpaired) electrons. The molecule has 0 saturated carbocycles. The van der Waals surface area contributed by atoms with Gasteiger partial charge in [0.2, 0.25) is 9.84 Å². The summed E-state index contributed by atoms with van der Waals surface area (Å²) >= 11 is 0.